The number of anilines is 2. The van der Waals surface area contributed by atoms with Crippen molar-refractivity contribution >= 4 is 17.3 Å². The van der Waals surface area contributed by atoms with E-state index in [4.69, 9.17) is 0 Å². The van der Waals surface area contributed by atoms with Gasteiger partial charge < -0.3 is 10.6 Å². The molecule has 0 fully saturated rings. The minimum absolute atomic E-state index is 0.186. The van der Waals surface area contributed by atoms with Crippen LogP contribution in [0.1, 0.15) is 25.8 Å². The van der Waals surface area contributed by atoms with E-state index in [9.17, 15) is 9.18 Å². The fraction of sp³-hybridized carbons (Fsp3) is 0.375. The van der Waals surface area contributed by atoms with Crippen LogP contribution in [0.2, 0.25) is 0 Å². The summed E-state index contributed by atoms with van der Waals surface area (Å²) in [5.74, 6) is -0.734. The largest absolute Gasteiger partial charge is 0.371 e. The van der Waals surface area contributed by atoms with Gasteiger partial charge in [0.15, 0.2) is 0 Å². The summed E-state index contributed by atoms with van der Waals surface area (Å²) >= 11 is 0. The molecule has 22 heavy (non-hydrogen) atoms. The van der Waals surface area contributed by atoms with E-state index in [0.29, 0.717) is 0 Å². The van der Waals surface area contributed by atoms with Crippen LogP contribution in [0.5, 0.6) is 0 Å². The predicted octanol–water partition coefficient (Wildman–Crippen LogP) is 3.18. The van der Waals surface area contributed by atoms with Gasteiger partial charge in [0.25, 0.3) is 0 Å². The van der Waals surface area contributed by atoms with E-state index in [-0.39, 0.29) is 11.6 Å². The van der Waals surface area contributed by atoms with Crippen LogP contribution in [0, 0.1) is 12.7 Å². The monoisotopic (exact) mass is 304 g/mol. The van der Waals surface area contributed by atoms with E-state index >= 15 is 0 Å². The molecule has 1 heterocycles. The van der Waals surface area contributed by atoms with Gasteiger partial charge in [-0.1, -0.05) is 13.0 Å². The van der Waals surface area contributed by atoms with E-state index in [1.807, 2.05) is 10.9 Å². The van der Waals surface area contributed by atoms with Gasteiger partial charge in [-0.25, -0.2) is 4.39 Å². The van der Waals surface area contributed by atoms with Crippen molar-refractivity contribution in [2.45, 2.75) is 39.8 Å². The van der Waals surface area contributed by atoms with E-state index in [2.05, 4.69) is 22.7 Å². The minimum Gasteiger partial charge on any atom is -0.371 e. The highest BCUT2D eigenvalue weighted by atomic mass is 19.1. The van der Waals surface area contributed by atoms with Crippen LogP contribution in [0.4, 0.5) is 15.8 Å². The lowest BCUT2D eigenvalue weighted by molar-refractivity contribution is -0.116. The number of hydrogen-bond donors (Lipinski definition) is 2. The van der Waals surface area contributed by atoms with Gasteiger partial charge in [0.2, 0.25) is 5.91 Å². The zero-order chi connectivity index (χ0) is 16.1. The Morgan fingerprint density at radius 1 is 1.45 bits per heavy atom. The molecule has 1 aromatic heterocycles. The molecule has 0 saturated heterocycles. The van der Waals surface area contributed by atoms with Crippen molar-refractivity contribution in [3.63, 3.8) is 0 Å². The first-order chi connectivity index (χ1) is 10.5. The topological polar surface area (TPSA) is 59.0 Å². The number of nitrogens with zero attached hydrogens (tertiary/aromatic N) is 2. The van der Waals surface area contributed by atoms with Gasteiger partial charge in [-0.3, -0.25) is 9.48 Å². The van der Waals surface area contributed by atoms with Crippen molar-refractivity contribution < 1.29 is 9.18 Å². The summed E-state index contributed by atoms with van der Waals surface area (Å²) in [6.45, 7) is 6.42. The summed E-state index contributed by atoms with van der Waals surface area (Å²) < 4.78 is 15.6. The third kappa shape index (κ3) is 4.07. The number of aromatic nitrogens is 2. The molecule has 1 amide bonds. The molecule has 2 aromatic rings. The second-order valence-electron chi connectivity index (χ2n) is 5.33. The number of benzene rings is 1. The summed E-state index contributed by atoms with van der Waals surface area (Å²) in [5, 5.41) is 9.83. The van der Waals surface area contributed by atoms with Crippen LogP contribution in [0.15, 0.2) is 30.6 Å². The van der Waals surface area contributed by atoms with E-state index < -0.39 is 11.9 Å². The number of aryl methyl sites for hydroxylation is 2. The standard InChI is InChI=1S/C16H21FN4O/c1-4-7-21-10-13(9-18-21)19-12(3)16(22)20-15-6-5-11(2)8-14(15)17/h5-6,8-10,12,19H,4,7H2,1-3H3,(H,20,22)/t12-/m1/s1. The fourth-order valence-electron chi connectivity index (χ4n) is 2.07. The summed E-state index contributed by atoms with van der Waals surface area (Å²) in [5.41, 5.74) is 1.76. The molecule has 118 valence electrons. The van der Waals surface area contributed by atoms with Crippen LogP contribution in [0.25, 0.3) is 0 Å². The van der Waals surface area contributed by atoms with E-state index in [1.165, 1.54) is 6.07 Å². The molecule has 2 rings (SSSR count). The zero-order valence-electron chi connectivity index (χ0n) is 13.1. The molecule has 0 saturated carbocycles. The Hall–Kier alpha value is -2.37. The second kappa shape index (κ2) is 7.06. The number of rotatable bonds is 6. The molecule has 0 aliphatic rings. The lowest BCUT2D eigenvalue weighted by Crippen LogP contribution is -2.32. The summed E-state index contributed by atoms with van der Waals surface area (Å²) in [7, 11) is 0. The first-order valence-electron chi connectivity index (χ1n) is 7.35. The van der Waals surface area contributed by atoms with Crippen molar-refractivity contribution in [1.29, 1.82) is 0 Å². The van der Waals surface area contributed by atoms with E-state index in [0.717, 1.165) is 24.2 Å². The average molecular weight is 304 g/mol. The number of carbonyl (C=O) groups excluding carboxylic acids is 1. The van der Waals surface area contributed by atoms with Gasteiger partial charge >= 0.3 is 0 Å². The van der Waals surface area contributed by atoms with Crippen LogP contribution in [-0.2, 0) is 11.3 Å². The van der Waals surface area contributed by atoms with Gasteiger partial charge in [0, 0.05) is 12.7 Å². The van der Waals surface area contributed by atoms with Gasteiger partial charge in [0.05, 0.1) is 17.6 Å². The third-order valence-corrected chi connectivity index (χ3v) is 3.24. The number of carbonyl (C=O) groups is 1. The Labute approximate surface area is 129 Å². The summed E-state index contributed by atoms with van der Waals surface area (Å²) in [6, 6.07) is 4.21. The maximum atomic E-state index is 13.7. The molecule has 0 unspecified atom stereocenters. The molecule has 6 heteroatoms. The van der Waals surface area contributed by atoms with Gasteiger partial charge in [-0.05, 0) is 38.0 Å². The lowest BCUT2D eigenvalue weighted by Gasteiger charge is -2.14. The Morgan fingerprint density at radius 3 is 2.91 bits per heavy atom. The first kappa shape index (κ1) is 16.0. The van der Waals surface area contributed by atoms with Crippen molar-refractivity contribution in [1.82, 2.24) is 9.78 Å². The summed E-state index contributed by atoms with van der Waals surface area (Å²) in [6.07, 6.45) is 4.51. The van der Waals surface area contributed by atoms with E-state index in [1.54, 1.807) is 32.2 Å². The molecule has 0 aliphatic carbocycles. The first-order valence-corrected chi connectivity index (χ1v) is 7.35. The highest BCUT2D eigenvalue weighted by Gasteiger charge is 2.15. The van der Waals surface area contributed by atoms with Crippen LogP contribution in [0.3, 0.4) is 0 Å². The smallest absolute Gasteiger partial charge is 0.246 e. The molecule has 0 aliphatic heterocycles. The number of halogens is 1. The fourth-order valence-corrected chi connectivity index (χ4v) is 2.07. The second-order valence-corrected chi connectivity index (χ2v) is 5.33. The lowest BCUT2D eigenvalue weighted by atomic mass is 10.2. The number of amides is 1. The highest BCUT2D eigenvalue weighted by molar-refractivity contribution is 5.96. The molecular formula is C16H21FN4O. The summed E-state index contributed by atoms with van der Waals surface area (Å²) in [4.78, 5) is 12.1. The molecule has 1 aromatic carbocycles. The van der Waals surface area contributed by atoms with Crippen LogP contribution in [-0.4, -0.2) is 21.7 Å². The number of hydrogen-bond acceptors (Lipinski definition) is 3. The Morgan fingerprint density at radius 2 is 2.23 bits per heavy atom. The molecule has 0 spiro atoms. The molecule has 1 atom stereocenters. The van der Waals surface area contributed by atoms with Crippen molar-refractivity contribution in [2.24, 2.45) is 0 Å². The highest BCUT2D eigenvalue weighted by Crippen LogP contribution is 2.16. The quantitative estimate of drug-likeness (QED) is 0.861. The Balaban J connectivity index is 1.96. The van der Waals surface area contributed by atoms with Gasteiger partial charge in [-0.2, -0.15) is 5.10 Å². The molecule has 0 radical (unpaired) electrons. The van der Waals surface area contributed by atoms with Crippen molar-refractivity contribution in [2.75, 3.05) is 10.6 Å². The molecule has 5 nitrogen and oxygen atoms in total. The molecular weight excluding hydrogens is 283 g/mol. The maximum Gasteiger partial charge on any atom is 0.246 e. The number of nitrogens with one attached hydrogen (secondary N) is 2. The van der Waals surface area contributed by atoms with Crippen molar-refractivity contribution in [3.8, 4) is 0 Å². The molecule has 0 bridgehead atoms. The third-order valence-electron chi connectivity index (χ3n) is 3.24. The van der Waals surface area contributed by atoms with Gasteiger partial charge in [0.1, 0.15) is 11.9 Å². The molecule has 2 N–H and O–H groups in total. The zero-order valence-corrected chi connectivity index (χ0v) is 13.1. The average Bonchev–Trinajstić information content (AvgIpc) is 2.89. The Kier molecular flexibility index (Phi) is 5.14. The van der Waals surface area contributed by atoms with Crippen LogP contribution < -0.4 is 10.6 Å². The maximum absolute atomic E-state index is 13.7. The normalized spacial score (nSPS) is 12.0. The van der Waals surface area contributed by atoms with Crippen molar-refractivity contribution in [3.05, 3.63) is 42.0 Å². The SMILES string of the molecule is CCCn1cc(N[C@H](C)C(=O)Nc2ccc(C)cc2F)cn1. The minimum atomic E-state index is -0.500. The van der Waals surface area contributed by atoms with Gasteiger partial charge in [-0.15, -0.1) is 0 Å². The predicted molar refractivity (Wildman–Crippen MR) is 85.4 cm³/mol. The Bertz CT molecular complexity index is 653. The van der Waals surface area contributed by atoms with Crippen LogP contribution >= 0.6 is 0 Å².